The highest BCUT2D eigenvalue weighted by molar-refractivity contribution is 6.02. The van der Waals surface area contributed by atoms with Gasteiger partial charge < -0.3 is 9.52 Å². The first-order valence-corrected chi connectivity index (χ1v) is 2.73. The molecule has 0 aliphatic rings. The van der Waals surface area contributed by atoms with E-state index in [2.05, 4.69) is 0 Å². The molecule has 1 N–H and O–H groups in total. The molecule has 3 heteroatoms. The van der Waals surface area contributed by atoms with Gasteiger partial charge in [-0.1, -0.05) is 0 Å². The third-order valence-electron chi connectivity index (χ3n) is 0.990. The van der Waals surface area contributed by atoms with Crippen molar-refractivity contribution in [2.45, 2.75) is 0 Å². The van der Waals surface area contributed by atoms with Crippen molar-refractivity contribution >= 4 is 5.78 Å². The van der Waals surface area contributed by atoms with Crippen LogP contribution in [0.25, 0.3) is 0 Å². The molecule has 0 radical (unpaired) electrons. The lowest BCUT2D eigenvalue weighted by atomic mass is 10.3. The van der Waals surface area contributed by atoms with Gasteiger partial charge in [0, 0.05) is 6.08 Å². The highest BCUT2D eigenvalue weighted by Gasteiger charge is 2.02. The molecular weight excluding hydrogens is 132 g/mol. The van der Waals surface area contributed by atoms with E-state index in [-0.39, 0.29) is 11.5 Å². The second-order valence-electron chi connectivity index (χ2n) is 1.66. The Kier molecular flexibility index (Phi) is 1.89. The van der Waals surface area contributed by atoms with E-state index in [1.165, 1.54) is 12.3 Å². The van der Waals surface area contributed by atoms with Crippen molar-refractivity contribution in [3.8, 4) is 0 Å². The lowest BCUT2D eigenvalue weighted by Crippen LogP contribution is -1.89. The van der Waals surface area contributed by atoms with Crippen LogP contribution >= 0.6 is 0 Å². The average molecular weight is 138 g/mol. The van der Waals surface area contributed by atoms with E-state index in [4.69, 9.17) is 9.52 Å². The van der Waals surface area contributed by atoms with E-state index in [9.17, 15) is 4.79 Å². The van der Waals surface area contributed by atoms with Gasteiger partial charge in [-0.25, -0.2) is 0 Å². The summed E-state index contributed by atoms with van der Waals surface area (Å²) in [7, 11) is 0. The van der Waals surface area contributed by atoms with E-state index in [1.807, 2.05) is 0 Å². The van der Waals surface area contributed by atoms with Crippen molar-refractivity contribution in [2.24, 2.45) is 0 Å². The largest absolute Gasteiger partial charge is 0.515 e. The lowest BCUT2D eigenvalue weighted by Gasteiger charge is -1.83. The molecule has 3 nitrogen and oxygen atoms in total. The molecule has 0 atom stereocenters. The number of ketones is 1. The Morgan fingerprint density at radius 3 is 3.00 bits per heavy atom. The first-order valence-electron chi connectivity index (χ1n) is 2.73. The standard InChI is InChI=1S/C7H6O3/c8-4-3-6(9)7-2-1-5-10-7/h1-5,8H. The number of hydrogen-bond donors (Lipinski definition) is 1. The van der Waals surface area contributed by atoms with Crippen LogP contribution in [0.15, 0.2) is 35.2 Å². The normalized spacial score (nSPS) is 10.4. The van der Waals surface area contributed by atoms with Crippen molar-refractivity contribution in [1.82, 2.24) is 0 Å². The number of hydrogen-bond acceptors (Lipinski definition) is 3. The molecule has 0 unspecified atom stereocenters. The van der Waals surface area contributed by atoms with E-state index < -0.39 is 0 Å². The molecule has 0 aliphatic carbocycles. The van der Waals surface area contributed by atoms with Gasteiger partial charge >= 0.3 is 0 Å². The summed E-state index contributed by atoms with van der Waals surface area (Å²) in [6, 6.07) is 3.14. The number of rotatable bonds is 2. The number of allylic oxidation sites excluding steroid dienone is 1. The van der Waals surface area contributed by atoms with E-state index in [1.54, 1.807) is 6.07 Å². The molecule has 0 bridgehead atoms. The minimum atomic E-state index is -0.340. The van der Waals surface area contributed by atoms with Crippen LogP contribution in [0.2, 0.25) is 0 Å². The monoisotopic (exact) mass is 138 g/mol. The first-order chi connectivity index (χ1) is 4.84. The maximum atomic E-state index is 10.8. The zero-order valence-corrected chi connectivity index (χ0v) is 5.15. The van der Waals surface area contributed by atoms with Crippen LogP contribution in [0, 0.1) is 0 Å². The molecule has 1 heterocycles. The topological polar surface area (TPSA) is 50.4 Å². The number of carbonyl (C=O) groups excluding carboxylic acids is 1. The zero-order valence-electron chi connectivity index (χ0n) is 5.15. The fraction of sp³-hybridized carbons (Fsp3) is 0. The van der Waals surface area contributed by atoms with Gasteiger partial charge in [0.05, 0.1) is 12.5 Å². The van der Waals surface area contributed by atoms with Crippen molar-refractivity contribution in [3.05, 3.63) is 36.5 Å². The molecule has 52 valence electrons. The number of furan rings is 1. The maximum Gasteiger partial charge on any atom is 0.224 e. The Bertz CT molecular complexity index is 233. The van der Waals surface area contributed by atoms with Crippen molar-refractivity contribution in [1.29, 1.82) is 0 Å². The molecule has 0 aromatic carbocycles. The molecule has 0 amide bonds. The highest BCUT2D eigenvalue weighted by atomic mass is 16.3. The van der Waals surface area contributed by atoms with Crippen LogP contribution in [0.4, 0.5) is 0 Å². The number of aliphatic hydroxyl groups excluding tert-OH is 1. The van der Waals surface area contributed by atoms with Crippen LogP contribution < -0.4 is 0 Å². The van der Waals surface area contributed by atoms with Crippen LogP contribution in [0.1, 0.15) is 10.6 Å². The molecule has 0 spiro atoms. The second-order valence-corrected chi connectivity index (χ2v) is 1.66. The smallest absolute Gasteiger partial charge is 0.224 e. The Balaban J connectivity index is 2.78. The minimum Gasteiger partial charge on any atom is -0.515 e. The predicted molar refractivity (Wildman–Crippen MR) is 34.8 cm³/mol. The van der Waals surface area contributed by atoms with Crippen LogP contribution in [0.3, 0.4) is 0 Å². The highest BCUT2D eigenvalue weighted by Crippen LogP contribution is 2.00. The summed E-state index contributed by atoms with van der Waals surface area (Å²) in [6.07, 6.45) is 3.11. The van der Waals surface area contributed by atoms with E-state index in [0.29, 0.717) is 6.26 Å². The first kappa shape index (κ1) is 6.61. The molecule has 1 aromatic rings. The van der Waals surface area contributed by atoms with Gasteiger partial charge in [0.1, 0.15) is 0 Å². The van der Waals surface area contributed by atoms with Crippen molar-refractivity contribution < 1.29 is 14.3 Å². The Hall–Kier alpha value is -1.51. The third kappa shape index (κ3) is 1.25. The Morgan fingerprint density at radius 1 is 1.70 bits per heavy atom. The third-order valence-corrected chi connectivity index (χ3v) is 0.990. The second kappa shape index (κ2) is 2.87. The quantitative estimate of drug-likeness (QED) is 0.383. The fourth-order valence-corrected chi connectivity index (χ4v) is 0.569. The maximum absolute atomic E-state index is 10.8. The summed E-state index contributed by atoms with van der Waals surface area (Å²) in [4.78, 5) is 10.8. The fourth-order valence-electron chi connectivity index (χ4n) is 0.569. The van der Waals surface area contributed by atoms with Gasteiger partial charge in [-0.15, -0.1) is 0 Å². The van der Waals surface area contributed by atoms with Crippen LogP contribution in [0.5, 0.6) is 0 Å². The molecular formula is C7H6O3. The average Bonchev–Trinajstić information content (AvgIpc) is 2.38. The minimum absolute atomic E-state index is 0.227. The summed E-state index contributed by atoms with van der Waals surface area (Å²) in [5, 5.41) is 8.19. The Morgan fingerprint density at radius 2 is 2.50 bits per heavy atom. The molecule has 1 aromatic heterocycles. The SMILES string of the molecule is O=C(C=CO)c1ccco1. The Labute approximate surface area is 57.6 Å². The number of carbonyl (C=O) groups is 1. The summed E-state index contributed by atoms with van der Waals surface area (Å²) in [6.45, 7) is 0. The predicted octanol–water partition coefficient (Wildman–Crippen LogP) is 1.53. The molecule has 10 heavy (non-hydrogen) atoms. The summed E-state index contributed by atoms with van der Waals surface area (Å²) in [5.41, 5.74) is 0. The molecule has 0 saturated carbocycles. The molecule has 0 aliphatic heterocycles. The van der Waals surface area contributed by atoms with Gasteiger partial charge in [0.2, 0.25) is 5.78 Å². The molecule has 1 rings (SSSR count). The van der Waals surface area contributed by atoms with Crippen molar-refractivity contribution in [3.63, 3.8) is 0 Å². The van der Waals surface area contributed by atoms with Crippen LogP contribution in [-0.4, -0.2) is 10.9 Å². The van der Waals surface area contributed by atoms with E-state index >= 15 is 0 Å². The molecule has 0 saturated heterocycles. The summed E-state index contributed by atoms with van der Waals surface area (Å²) in [5.74, 6) is -0.113. The lowest BCUT2D eigenvalue weighted by molar-refractivity contribution is 0.102. The van der Waals surface area contributed by atoms with Crippen molar-refractivity contribution in [2.75, 3.05) is 0 Å². The zero-order chi connectivity index (χ0) is 7.40. The van der Waals surface area contributed by atoms with Gasteiger partial charge in [0.25, 0.3) is 0 Å². The number of aliphatic hydroxyl groups is 1. The van der Waals surface area contributed by atoms with Gasteiger partial charge in [-0.3, -0.25) is 4.79 Å². The van der Waals surface area contributed by atoms with Gasteiger partial charge in [-0.05, 0) is 12.1 Å². The summed E-state index contributed by atoms with van der Waals surface area (Å²) < 4.78 is 4.74. The van der Waals surface area contributed by atoms with Gasteiger partial charge in [-0.2, -0.15) is 0 Å². The van der Waals surface area contributed by atoms with Crippen LogP contribution in [-0.2, 0) is 0 Å². The van der Waals surface area contributed by atoms with E-state index in [0.717, 1.165) is 6.08 Å². The summed E-state index contributed by atoms with van der Waals surface area (Å²) >= 11 is 0. The van der Waals surface area contributed by atoms with Gasteiger partial charge in [0.15, 0.2) is 5.76 Å². The molecule has 0 fully saturated rings.